The summed E-state index contributed by atoms with van der Waals surface area (Å²) in [6.45, 7) is 4.93. The highest BCUT2D eigenvalue weighted by molar-refractivity contribution is 7.14. The fourth-order valence-corrected chi connectivity index (χ4v) is 2.04. The first kappa shape index (κ1) is 17.2. The molecule has 0 spiro atoms. The molecular weight excluding hydrogens is 272 g/mol. The van der Waals surface area contributed by atoms with Gasteiger partial charge in [0.15, 0.2) is 0 Å². The molecule has 1 atom stereocenters. The lowest BCUT2D eigenvalue weighted by Gasteiger charge is -2.27. The third kappa shape index (κ3) is 4.84. The van der Waals surface area contributed by atoms with Gasteiger partial charge in [0.1, 0.15) is 5.00 Å². The number of likely N-dealkylation sites (N-methyl/N-ethyl adjacent to an activating group) is 1. The second-order valence-corrected chi connectivity index (χ2v) is 5.00. The molecule has 1 aromatic rings. The average Bonchev–Trinajstić information content (AvgIpc) is 2.78. The zero-order chi connectivity index (χ0) is 12.8. The molecule has 1 aromatic heterocycles. The van der Waals surface area contributed by atoms with Gasteiger partial charge in [-0.2, -0.15) is 0 Å². The van der Waals surface area contributed by atoms with Gasteiger partial charge in [-0.1, -0.05) is 0 Å². The van der Waals surface area contributed by atoms with E-state index in [4.69, 9.17) is 4.74 Å². The van der Waals surface area contributed by atoms with Gasteiger partial charge < -0.3 is 9.64 Å². The fraction of sp³-hybridized carbons (Fsp3) is 0.583. The second-order valence-electron chi connectivity index (χ2n) is 4.07. The molecule has 18 heavy (non-hydrogen) atoms. The summed E-state index contributed by atoms with van der Waals surface area (Å²) >= 11 is 1.55. The molecule has 0 aliphatic carbocycles. The third-order valence-corrected chi connectivity index (χ3v) is 3.48. The first-order valence-electron chi connectivity index (χ1n) is 5.70. The Kier molecular flexibility index (Phi) is 7.98. The van der Waals surface area contributed by atoms with Crippen molar-refractivity contribution in [1.82, 2.24) is 4.90 Å². The Labute approximate surface area is 119 Å². The van der Waals surface area contributed by atoms with Crippen molar-refractivity contribution in [3.63, 3.8) is 0 Å². The Hall–Kier alpha value is -0.780. The molecule has 0 bridgehead atoms. The lowest BCUT2D eigenvalue weighted by Crippen LogP contribution is -2.41. The van der Waals surface area contributed by atoms with Gasteiger partial charge in [-0.25, -0.2) is 4.79 Å². The van der Waals surface area contributed by atoms with E-state index in [1.807, 2.05) is 38.5 Å². The topological polar surface area (TPSA) is 32.8 Å². The Morgan fingerprint density at radius 3 is 2.61 bits per heavy atom. The van der Waals surface area contributed by atoms with Crippen molar-refractivity contribution >= 4 is 34.8 Å². The van der Waals surface area contributed by atoms with Crippen molar-refractivity contribution in [2.24, 2.45) is 0 Å². The molecule has 0 fully saturated rings. The van der Waals surface area contributed by atoms with Crippen LogP contribution in [0.3, 0.4) is 0 Å². The largest absolute Gasteiger partial charge is 0.449 e. The minimum Gasteiger partial charge on any atom is -0.449 e. The van der Waals surface area contributed by atoms with Gasteiger partial charge >= 0.3 is 6.09 Å². The maximum absolute atomic E-state index is 11.9. The van der Waals surface area contributed by atoms with Crippen LogP contribution < -0.4 is 4.90 Å². The summed E-state index contributed by atoms with van der Waals surface area (Å²) in [5.74, 6) is 0. The van der Waals surface area contributed by atoms with Gasteiger partial charge in [0, 0.05) is 12.6 Å². The van der Waals surface area contributed by atoms with Crippen LogP contribution in [0.25, 0.3) is 0 Å². The highest BCUT2D eigenvalue weighted by atomic mass is 35.5. The number of hydrogen-bond donors (Lipinski definition) is 0. The van der Waals surface area contributed by atoms with Crippen LogP contribution in [0.1, 0.15) is 13.8 Å². The molecule has 0 saturated carbocycles. The molecule has 1 rings (SSSR count). The van der Waals surface area contributed by atoms with Crippen LogP contribution in [0.15, 0.2) is 17.5 Å². The maximum Gasteiger partial charge on any atom is 0.414 e. The molecule has 4 nitrogen and oxygen atoms in total. The number of carbonyl (C=O) groups is 1. The van der Waals surface area contributed by atoms with Gasteiger partial charge in [0.05, 0.1) is 6.61 Å². The van der Waals surface area contributed by atoms with Crippen LogP contribution in [0, 0.1) is 0 Å². The summed E-state index contributed by atoms with van der Waals surface area (Å²) in [6, 6.07) is 4.15. The van der Waals surface area contributed by atoms with Crippen molar-refractivity contribution in [3.05, 3.63) is 17.5 Å². The van der Waals surface area contributed by atoms with Crippen LogP contribution in [-0.2, 0) is 4.74 Å². The van der Waals surface area contributed by atoms with Crippen LogP contribution >= 0.6 is 23.7 Å². The Morgan fingerprint density at radius 1 is 1.50 bits per heavy atom. The quantitative estimate of drug-likeness (QED) is 0.836. The Morgan fingerprint density at radius 2 is 2.17 bits per heavy atom. The van der Waals surface area contributed by atoms with E-state index in [1.165, 1.54) is 0 Å². The van der Waals surface area contributed by atoms with E-state index in [9.17, 15) is 4.79 Å². The normalized spacial score (nSPS) is 11.8. The van der Waals surface area contributed by atoms with Crippen molar-refractivity contribution in [2.45, 2.75) is 19.9 Å². The van der Waals surface area contributed by atoms with Gasteiger partial charge in [0.2, 0.25) is 0 Å². The first-order valence-corrected chi connectivity index (χ1v) is 6.58. The Balaban J connectivity index is 0.00000289. The first-order chi connectivity index (χ1) is 8.06. The summed E-state index contributed by atoms with van der Waals surface area (Å²) in [5, 5.41) is 2.89. The number of hydrogen-bond acceptors (Lipinski definition) is 4. The van der Waals surface area contributed by atoms with Crippen molar-refractivity contribution in [2.75, 3.05) is 32.1 Å². The molecule has 1 unspecified atom stereocenters. The lowest BCUT2D eigenvalue weighted by atomic mass is 10.3. The van der Waals surface area contributed by atoms with Gasteiger partial charge in [-0.3, -0.25) is 4.90 Å². The lowest BCUT2D eigenvalue weighted by molar-refractivity contribution is 0.157. The predicted octanol–water partition coefficient (Wildman–Crippen LogP) is 3.08. The second kappa shape index (κ2) is 8.34. The molecule has 104 valence electrons. The summed E-state index contributed by atoms with van der Waals surface area (Å²) in [7, 11) is 4.00. The summed E-state index contributed by atoms with van der Waals surface area (Å²) in [6.07, 6.45) is -0.274. The molecule has 0 aliphatic rings. The molecule has 6 heteroatoms. The summed E-state index contributed by atoms with van der Waals surface area (Å²) < 4.78 is 5.08. The predicted molar refractivity (Wildman–Crippen MR) is 79.1 cm³/mol. The highest BCUT2D eigenvalue weighted by Gasteiger charge is 2.21. The number of halogens is 1. The molecule has 0 aromatic carbocycles. The van der Waals surface area contributed by atoms with E-state index in [-0.39, 0.29) is 24.5 Å². The number of thiophene rings is 1. The molecule has 0 N–H and O–H groups in total. The highest BCUT2D eigenvalue weighted by Crippen LogP contribution is 2.22. The van der Waals surface area contributed by atoms with Crippen LogP contribution in [0.2, 0.25) is 0 Å². The van der Waals surface area contributed by atoms with Gasteiger partial charge in [-0.15, -0.1) is 23.7 Å². The van der Waals surface area contributed by atoms with E-state index in [2.05, 4.69) is 11.8 Å². The van der Waals surface area contributed by atoms with E-state index < -0.39 is 0 Å². The average molecular weight is 293 g/mol. The minimum absolute atomic E-state index is 0. The van der Waals surface area contributed by atoms with Gasteiger partial charge in [0.25, 0.3) is 0 Å². The standard InChI is InChI=1S/C12H20N2O2S.ClH/c1-5-16-12(15)14(9-10(2)13(3)4)11-7-6-8-17-11;/h6-8,10H,5,9H2,1-4H3;1H. The number of carbonyl (C=O) groups excluding carboxylic acids is 1. The third-order valence-electron chi connectivity index (χ3n) is 2.59. The zero-order valence-electron chi connectivity index (χ0n) is 11.3. The molecule has 0 radical (unpaired) electrons. The monoisotopic (exact) mass is 292 g/mol. The minimum atomic E-state index is -0.274. The van der Waals surface area contributed by atoms with E-state index in [0.29, 0.717) is 13.2 Å². The van der Waals surface area contributed by atoms with Gasteiger partial charge in [-0.05, 0) is 45.5 Å². The molecule has 1 heterocycles. The van der Waals surface area contributed by atoms with Crippen LogP contribution in [0.4, 0.5) is 9.80 Å². The van der Waals surface area contributed by atoms with E-state index >= 15 is 0 Å². The number of nitrogens with zero attached hydrogens (tertiary/aromatic N) is 2. The fourth-order valence-electron chi connectivity index (χ4n) is 1.31. The number of ether oxygens (including phenoxy) is 1. The number of anilines is 1. The molecule has 0 saturated heterocycles. The van der Waals surface area contributed by atoms with Crippen LogP contribution in [0.5, 0.6) is 0 Å². The molecular formula is C12H21ClN2O2S. The Bertz CT molecular complexity index is 344. The zero-order valence-corrected chi connectivity index (χ0v) is 12.9. The molecule has 0 aliphatic heterocycles. The number of rotatable bonds is 5. The smallest absolute Gasteiger partial charge is 0.414 e. The van der Waals surface area contributed by atoms with E-state index in [1.54, 1.807) is 16.2 Å². The number of amides is 1. The maximum atomic E-state index is 11.9. The van der Waals surface area contributed by atoms with Crippen LogP contribution in [-0.4, -0.2) is 44.3 Å². The van der Waals surface area contributed by atoms with Crippen molar-refractivity contribution in [1.29, 1.82) is 0 Å². The van der Waals surface area contributed by atoms with E-state index in [0.717, 1.165) is 5.00 Å². The van der Waals surface area contributed by atoms with Crippen molar-refractivity contribution < 1.29 is 9.53 Å². The SMILES string of the molecule is CCOC(=O)N(CC(C)N(C)C)c1cccs1.Cl. The summed E-state index contributed by atoms with van der Waals surface area (Å²) in [4.78, 5) is 15.7. The van der Waals surface area contributed by atoms with Crippen molar-refractivity contribution in [3.8, 4) is 0 Å². The molecule has 1 amide bonds. The summed E-state index contributed by atoms with van der Waals surface area (Å²) in [5.41, 5.74) is 0.